The summed E-state index contributed by atoms with van der Waals surface area (Å²) in [5, 5.41) is 6.42. The van der Waals surface area contributed by atoms with E-state index in [0.717, 1.165) is 18.1 Å². The number of likely N-dealkylation sites (tertiary alicyclic amines) is 1. The maximum absolute atomic E-state index is 5.61. The average Bonchev–Trinajstić information content (AvgIpc) is 2.78. The molecular weight excluding hydrogens is 222 g/mol. The summed E-state index contributed by atoms with van der Waals surface area (Å²) in [6.07, 6.45) is 2.39. The van der Waals surface area contributed by atoms with Crippen molar-refractivity contribution in [2.75, 3.05) is 25.9 Å². The fourth-order valence-corrected chi connectivity index (χ4v) is 3.20. The van der Waals surface area contributed by atoms with Crippen molar-refractivity contribution in [3.63, 3.8) is 0 Å². The van der Waals surface area contributed by atoms with E-state index in [-0.39, 0.29) is 0 Å². The van der Waals surface area contributed by atoms with Crippen LogP contribution in [-0.2, 0) is 0 Å². The number of rotatable bonds is 1. The van der Waals surface area contributed by atoms with E-state index in [2.05, 4.69) is 27.4 Å². The molecular formula is C10H15N5S. The Kier molecular flexibility index (Phi) is 2.33. The second-order valence-electron chi connectivity index (χ2n) is 4.40. The normalized spacial score (nSPS) is 19.6. The van der Waals surface area contributed by atoms with Crippen LogP contribution in [0.25, 0.3) is 4.96 Å². The molecule has 3 rings (SSSR count). The van der Waals surface area contributed by atoms with Crippen molar-refractivity contribution in [1.29, 1.82) is 0 Å². The number of anilines is 1. The predicted octanol–water partition coefficient (Wildman–Crippen LogP) is 1.18. The first-order chi connectivity index (χ1) is 7.74. The van der Waals surface area contributed by atoms with Gasteiger partial charge in [0.15, 0.2) is 0 Å². The molecule has 0 atom stereocenters. The van der Waals surface area contributed by atoms with Gasteiger partial charge in [-0.1, -0.05) is 0 Å². The predicted molar refractivity (Wildman–Crippen MR) is 64.7 cm³/mol. The first-order valence-electron chi connectivity index (χ1n) is 5.52. The molecule has 2 aromatic heterocycles. The standard InChI is InChI=1S/C10H15N5S/c1-14-4-2-7(3-5-14)8-6-16-10-12-9(11)13-15(8)10/h6-7H,2-5H2,1H3,(H2,11,13). The van der Waals surface area contributed by atoms with Crippen LogP contribution in [0.3, 0.4) is 0 Å². The van der Waals surface area contributed by atoms with Crippen LogP contribution >= 0.6 is 11.3 Å². The highest BCUT2D eigenvalue weighted by atomic mass is 32.1. The highest BCUT2D eigenvalue weighted by molar-refractivity contribution is 7.15. The van der Waals surface area contributed by atoms with Crippen molar-refractivity contribution in [2.45, 2.75) is 18.8 Å². The Bertz CT molecular complexity index is 494. The van der Waals surface area contributed by atoms with Crippen molar-refractivity contribution in [3.8, 4) is 0 Å². The highest BCUT2D eigenvalue weighted by Gasteiger charge is 2.22. The molecule has 0 spiro atoms. The summed E-state index contributed by atoms with van der Waals surface area (Å²) in [5.74, 6) is 0.979. The van der Waals surface area contributed by atoms with Gasteiger partial charge in [-0.25, -0.2) is 4.52 Å². The van der Waals surface area contributed by atoms with Crippen LogP contribution in [0.5, 0.6) is 0 Å². The van der Waals surface area contributed by atoms with Gasteiger partial charge in [-0.2, -0.15) is 4.98 Å². The van der Waals surface area contributed by atoms with E-state index in [4.69, 9.17) is 5.73 Å². The Labute approximate surface area is 97.9 Å². The van der Waals surface area contributed by atoms with Gasteiger partial charge in [0.1, 0.15) is 0 Å². The van der Waals surface area contributed by atoms with Crippen molar-refractivity contribution >= 4 is 22.2 Å². The van der Waals surface area contributed by atoms with Crippen LogP contribution in [0.4, 0.5) is 5.95 Å². The Morgan fingerprint density at radius 3 is 2.94 bits per heavy atom. The Balaban J connectivity index is 1.93. The number of piperidine rings is 1. The molecule has 2 N–H and O–H groups in total. The van der Waals surface area contributed by atoms with Crippen molar-refractivity contribution in [1.82, 2.24) is 19.5 Å². The van der Waals surface area contributed by atoms with Crippen molar-refractivity contribution in [2.24, 2.45) is 0 Å². The SMILES string of the molecule is CN1CCC(c2csc3nc(N)nn23)CC1. The zero-order valence-electron chi connectivity index (χ0n) is 9.26. The van der Waals surface area contributed by atoms with E-state index in [0.29, 0.717) is 11.9 Å². The minimum atomic E-state index is 0.376. The Hall–Kier alpha value is -1.14. The second kappa shape index (κ2) is 3.71. The lowest BCUT2D eigenvalue weighted by Crippen LogP contribution is -2.29. The lowest BCUT2D eigenvalue weighted by atomic mass is 9.94. The number of nitrogens with zero attached hydrogens (tertiary/aromatic N) is 4. The van der Waals surface area contributed by atoms with Crippen LogP contribution in [-0.4, -0.2) is 39.6 Å². The largest absolute Gasteiger partial charge is 0.366 e. The van der Waals surface area contributed by atoms with E-state index in [9.17, 15) is 0 Å². The van der Waals surface area contributed by atoms with Gasteiger partial charge in [-0.3, -0.25) is 0 Å². The van der Waals surface area contributed by atoms with Crippen molar-refractivity contribution in [3.05, 3.63) is 11.1 Å². The smallest absolute Gasteiger partial charge is 0.241 e. The monoisotopic (exact) mass is 237 g/mol. The lowest BCUT2D eigenvalue weighted by molar-refractivity contribution is 0.252. The number of fused-ring (bicyclic) bond motifs is 1. The van der Waals surface area contributed by atoms with E-state index in [1.54, 1.807) is 11.3 Å². The van der Waals surface area contributed by atoms with Gasteiger partial charge >= 0.3 is 0 Å². The van der Waals surface area contributed by atoms with E-state index in [1.807, 2.05) is 4.52 Å². The maximum atomic E-state index is 5.61. The Morgan fingerprint density at radius 2 is 2.19 bits per heavy atom. The summed E-state index contributed by atoms with van der Waals surface area (Å²) < 4.78 is 1.91. The molecule has 2 aromatic rings. The third-order valence-electron chi connectivity index (χ3n) is 3.26. The van der Waals surface area contributed by atoms with Crippen LogP contribution in [0, 0.1) is 0 Å². The van der Waals surface area contributed by atoms with Crippen molar-refractivity contribution < 1.29 is 0 Å². The van der Waals surface area contributed by atoms with Gasteiger partial charge in [0.2, 0.25) is 10.9 Å². The summed E-state index contributed by atoms with van der Waals surface area (Å²) in [4.78, 5) is 7.46. The zero-order valence-corrected chi connectivity index (χ0v) is 10.1. The minimum Gasteiger partial charge on any atom is -0.366 e. The molecule has 0 radical (unpaired) electrons. The molecule has 1 saturated heterocycles. The molecule has 0 aliphatic carbocycles. The van der Waals surface area contributed by atoms with Gasteiger partial charge in [0.05, 0.1) is 5.69 Å². The minimum absolute atomic E-state index is 0.376. The number of hydrogen-bond donors (Lipinski definition) is 1. The molecule has 1 fully saturated rings. The van der Waals surface area contributed by atoms with Gasteiger partial charge in [-0.05, 0) is 33.0 Å². The summed E-state index contributed by atoms with van der Waals surface area (Å²) in [6, 6.07) is 0. The number of nitrogen functional groups attached to an aromatic ring is 1. The van der Waals surface area contributed by atoms with Gasteiger partial charge in [0, 0.05) is 11.3 Å². The van der Waals surface area contributed by atoms with Gasteiger partial charge in [0.25, 0.3) is 0 Å². The summed E-state index contributed by atoms with van der Waals surface area (Å²) >= 11 is 1.62. The summed E-state index contributed by atoms with van der Waals surface area (Å²) in [5.41, 5.74) is 6.89. The van der Waals surface area contributed by atoms with Crippen LogP contribution in [0.15, 0.2) is 5.38 Å². The van der Waals surface area contributed by atoms with Crippen LogP contribution < -0.4 is 5.73 Å². The maximum Gasteiger partial charge on any atom is 0.241 e. The van der Waals surface area contributed by atoms with E-state index in [1.165, 1.54) is 18.5 Å². The summed E-state index contributed by atoms with van der Waals surface area (Å²) in [7, 11) is 2.17. The number of thiazole rings is 1. The lowest BCUT2D eigenvalue weighted by Gasteiger charge is -2.28. The topological polar surface area (TPSA) is 59.5 Å². The van der Waals surface area contributed by atoms with E-state index < -0.39 is 0 Å². The first-order valence-corrected chi connectivity index (χ1v) is 6.40. The molecule has 0 amide bonds. The van der Waals surface area contributed by atoms with Gasteiger partial charge in [-0.15, -0.1) is 16.4 Å². The highest BCUT2D eigenvalue weighted by Crippen LogP contribution is 2.30. The molecule has 16 heavy (non-hydrogen) atoms. The molecule has 5 nitrogen and oxygen atoms in total. The number of nitrogens with two attached hydrogens (primary N) is 1. The third-order valence-corrected chi connectivity index (χ3v) is 4.09. The zero-order chi connectivity index (χ0) is 11.1. The molecule has 1 aliphatic heterocycles. The quantitative estimate of drug-likeness (QED) is 0.809. The molecule has 6 heteroatoms. The third kappa shape index (κ3) is 1.58. The number of hydrogen-bond acceptors (Lipinski definition) is 5. The molecule has 0 unspecified atom stereocenters. The fourth-order valence-electron chi connectivity index (χ4n) is 2.29. The molecule has 0 bridgehead atoms. The molecule has 0 saturated carbocycles. The molecule has 0 aromatic carbocycles. The molecule has 86 valence electrons. The van der Waals surface area contributed by atoms with E-state index >= 15 is 0 Å². The Morgan fingerprint density at radius 1 is 1.44 bits per heavy atom. The first kappa shape index (κ1) is 10.0. The molecule has 1 aliphatic rings. The fraction of sp³-hybridized carbons (Fsp3) is 0.600. The van der Waals surface area contributed by atoms with Crippen LogP contribution in [0.1, 0.15) is 24.5 Å². The summed E-state index contributed by atoms with van der Waals surface area (Å²) in [6.45, 7) is 2.32. The van der Waals surface area contributed by atoms with Crippen LogP contribution in [0.2, 0.25) is 0 Å². The second-order valence-corrected chi connectivity index (χ2v) is 5.24. The average molecular weight is 237 g/mol. The van der Waals surface area contributed by atoms with Gasteiger partial charge < -0.3 is 10.6 Å². The number of aromatic nitrogens is 3. The molecule has 3 heterocycles.